The second-order valence-corrected chi connectivity index (χ2v) is 7.23. The molecule has 1 N–H and O–H groups in total. The summed E-state index contributed by atoms with van der Waals surface area (Å²) < 4.78 is 17.5. The van der Waals surface area contributed by atoms with Gasteiger partial charge in [0.1, 0.15) is 0 Å². The van der Waals surface area contributed by atoms with Crippen LogP contribution in [-0.2, 0) is 4.79 Å². The standard InChI is InChI=1S/C19H19ClN6O4S/c1-28-15-9-4-12(17(29-2)18(15)30-3)10-21-22-16(27)11-31-19-23-24-25-26(19)14-7-5-13(20)6-8-14/h4-10H,11H2,1-3H3,(H,22,27). The highest BCUT2D eigenvalue weighted by Crippen LogP contribution is 2.38. The number of aromatic nitrogens is 4. The number of rotatable bonds is 9. The molecule has 12 heteroatoms. The van der Waals surface area contributed by atoms with E-state index in [-0.39, 0.29) is 11.7 Å². The number of amides is 1. The first-order valence-corrected chi connectivity index (χ1v) is 10.2. The number of benzene rings is 2. The van der Waals surface area contributed by atoms with Gasteiger partial charge in [0.2, 0.25) is 10.9 Å². The van der Waals surface area contributed by atoms with Crippen LogP contribution in [-0.4, -0.2) is 59.4 Å². The lowest BCUT2D eigenvalue weighted by molar-refractivity contribution is -0.118. The lowest BCUT2D eigenvalue weighted by Crippen LogP contribution is -2.20. The van der Waals surface area contributed by atoms with Crippen molar-refractivity contribution < 1.29 is 19.0 Å². The van der Waals surface area contributed by atoms with E-state index < -0.39 is 0 Å². The second-order valence-electron chi connectivity index (χ2n) is 5.86. The van der Waals surface area contributed by atoms with Crippen LogP contribution in [0.25, 0.3) is 5.69 Å². The number of carbonyl (C=O) groups is 1. The highest BCUT2D eigenvalue weighted by molar-refractivity contribution is 7.99. The van der Waals surface area contributed by atoms with Gasteiger partial charge in [0.15, 0.2) is 11.5 Å². The number of hydrogen-bond acceptors (Lipinski definition) is 9. The molecule has 1 aromatic heterocycles. The van der Waals surface area contributed by atoms with Crippen molar-refractivity contribution in [3.63, 3.8) is 0 Å². The van der Waals surface area contributed by atoms with Crippen LogP contribution in [0.15, 0.2) is 46.7 Å². The number of methoxy groups -OCH3 is 3. The summed E-state index contributed by atoms with van der Waals surface area (Å²) >= 11 is 7.08. The first-order valence-electron chi connectivity index (χ1n) is 8.85. The van der Waals surface area contributed by atoms with Gasteiger partial charge in [-0.15, -0.1) is 5.10 Å². The maximum absolute atomic E-state index is 12.2. The molecule has 0 aliphatic heterocycles. The van der Waals surface area contributed by atoms with Crippen molar-refractivity contribution in [2.45, 2.75) is 5.16 Å². The predicted octanol–water partition coefficient (Wildman–Crippen LogP) is 2.58. The third-order valence-corrected chi connectivity index (χ3v) is 5.14. The summed E-state index contributed by atoms with van der Waals surface area (Å²) in [5, 5.41) is 16.6. The molecule has 0 aliphatic carbocycles. The highest BCUT2D eigenvalue weighted by atomic mass is 35.5. The van der Waals surface area contributed by atoms with Gasteiger partial charge in [0, 0.05) is 10.6 Å². The Balaban J connectivity index is 1.61. The fourth-order valence-corrected chi connectivity index (χ4v) is 3.38. The summed E-state index contributed by atoms with van der Waals surface area (Å²) in [4.78, 5) is 12.2. The van der Waals surface area contributed by atoms with Crippen LogP contribution in [0.3, 0.4) is 0 Å². The minimum Gasteiger partial charge on any atom is -0.493 e. The van der Waals surface area contributed by atoms with E-state index in [4.69, 9.17) is 25.8 Å². The van der Waals surface area contributed by atoms with Crippen molar-refractivity contribution in [1.82, 2.24) is 25.6 Å². The fraction of sp³-hybridized carbons (Fsp3) is 0.211. The minimum atomic E-state index is -0.327. The number of ether oxygens (including phenoxy) is 3. The van der Waals surface area contributed by atoms with Crippen molar-refractivity contribution in [3.05, 3.63) is 47.0 Å². The number of carbonyl (C=O) groups excluding carboxylic acids is 1. The van der Waals surface area contributed by atoms with Crippen LogP contribution in [0.5, 0.6) is 17.2 Å². The number of hydrazone groups is 1. The van der Waals surface area contributed by atoms with Crippen molar-refractivity contribution in [2.75, 3.05) is 27.1 Å². The van der Waals surface area contributed by atoms with Crippen LogP contribution in [0, 0.1) is 0 Å². The van der Waals surface area contributed by atoms with Crippen molar-refractivity contribution in [2.24, 2.45) is 5.10 Å². The number of hydrogen-bond donors (Lipinski definition) is 1. The summed E-state index contributed by atoms with van der Waals surface area (Å²) in [6, 6.07) is 10.5. The molecular weight excluding hydrogens is 444 g/mol. The molecule has 0 saturated heterocycles. The molecule has 1 heterocycles. The molecular formula is C19H19ClN6O4S. The number of nitrogens with zero attached hydrogens (tertiary/aromatic N) is 5. The van der Waals surface area contributed by atoms with Gasteiger partial charge in [-0.05, 0) is 46.8 Å². The van der Waals surface area contributed by atoms with Gasteiger partial charge in [0.05, 0.1) is 39.0 Å². The molecule has 0 unspecified atom stereocenters. The summed E-state index contributed by atoms with van der Waals surface area (Å²) in [7, 11) is 4.55. The van der Waals surface area contributed by atoms with Gasteiger partial charge in [-0.3, -0.25) is 4.79 Å². The zero-order chi connectivity index (χ0) is 22.2. The zero-order valence-corrected chi connectivity index (χ0v) is 18.5. The number of thioether (sulfide) groups is 1. The van der Waals surface area contributed by atoms with E-state index in [1.54, 1.807) is 36.4 Å². The van der Waals surface area contributed by atoms with E-state index in [2.05, 4.69) is 26.1 Å². The lowest BCUT2D eigenvalue weighted by Gasteiger charge is -2.13. The molecule has 3 rings (SSSR count). The molecule has 0 radical (unpaired) electrons. The summed E-state index contributed by atoms with van der Waals surface area (Å²) in [6.45, 7) is 0. The van der Waals surface area contributed by atoms with E-state index in [1.807, 2.05) is 0 Å². The van der Waals surface area contributed by atoms with E-state index in [0.29, 0.717) is 33.0 Å². The molecule has 0 bridgehead atoms. The van der Waals surface area contributed by atoms with Crippen LogP contribution < -0.4 is 19.6 Å². The number of halogens is 1. The third kappa shape index (κ3) is 5.44. The average Bonchev–Trinajstić information content (AvgIpc) is 3.26. The predicted molar refractivity (Wildman–Crippen MR) is 117 cm³/mol. The first-order chi connectivity index (χ1) is 15.1. The molecule has 10 nitrogen and oxygen atoms in total. The van der Waals surface area contributed by atoms with Crippen molar-refractivity contribution in [1.29, 1.82) is 0 Å². The molecule has 0 aliphatic rings. The van der Waals surface area contributed by atoms with E-state index in [0.717, 1.165) is 5.69 Å². The average molecular weight is 463 g/mol. The largest absolute Gasteiger partial charge is 0.493 e. The molecule has 0 saturated carbocycles. The molecule has 2 aromatic carbocycles. The Morgan fingerprint density at radius 1 is 1.13 bits per heavy atom. The molecule has 0 fully saturated rings. The highest BCUT2D eigenvalue weighted by Gasteiger charge is 2.15. The maximum atomic E-state index is 12.2. The smallest absolute Gasteiger partial charge is 0.250 e. The Kier molecular flexibility index (Phi) is 7.68. The Hall–Kier alpha value is -3.31. The summed E-state index contributed by atoms with van der Waals surface area (Å²) in [5.41, 5.74) is 3.81. The Morgan fingerprint density at radius 2 is 1.87 bits per heavy atom. The van der Waals surface area contributed by atoms with Crippen LogP contribution in [0.1, 0.15) is 5.56 Å². The van der Waals surface area contributed by atoms with Gasteiger partial charge in [-0.25, -0.2) is 5.43 Å². The fourth-order valence-electron chi connectivity index (χ4n) is 2.58. The van der Waals surface area contributed by atoms with Crippen LogP contribution in [0.2, 0.25) is 5.02 Å². The molecule has 3 aromatic rings. The topological polar surface area (TPSA) is 113 Å². The third-order valence-electron chi connectivity index (χ3n) is 3.97. The van der Waals surface area contributed by atoms with Crippen molar-refractivity contribution in [3.8, 4) is 22.9 Å². The number of tetrazole rings is 1. The van der Waals surface area contributed by atoms with Crippen LogP contribution >= 0.6 is 23.4 Å². The van der Waals surface area contributed by atoms with Gasteiger partial charge in [0.25, 0.3) is 5.91 Å². The van der Waals surface area contributed by atoms with Gasteiger partial charge in [-0.2, -0.15) is 9.78 Å². The molecule has 31 heavy (non-hydrogen) atoms. The van der Waals surface area contributed by atoms with E-state index >= 15 is 0 Å². The molecule has 162 valence electrons. The summed E-state index contributed by atoms with van der Waals surface area (Å²) in [5.74, 6) is 1.14. The van der Waals surface area contributed by atoms with Crippen molar-refractivity contribution >= 4 is 35.5 Å². The molecule has 0 spiro atoms. The monoisotopic (exact) mass is 462 g/mol. The van der Waals surface area contributed by atoms with Gasteiger partial charge < -0.3 is 14.2 Å². The zero-order valence-electron chi connectivity index (χ0n) is 16.9. The first kappa shape index (κ1) is 22.4. The minimum absolute atomic E-state index is 0.0639. The van der Waals surface area contributed by atoms with Gasteiger partial charge >= 0.3 is 0 Å². The lowest BCUT2D eigenvalue weighted by atomic mass is 10.2. The normalized spacial score (nSPS) is 10.8. The SMILES string of the molecule is COc1ccc(C=NNC(=O)CSc2nnnn2-c2ccc(Cl)cc2)c(OC)c1OC. The quantitative estimate of drug-likeness (QED) is 0.293. The van der Waals surface area contributed by atoms with E-state index in [1.165, 1.54) is 44.0 Å². The van der Waals surface area contributed by atoms with Crippen LogP contribution in [0.4, 0.5) is 0 Å². The number of nitrogens with one attached hydrogen (secondary N) is 1. The summed E-state index contributed by atoms with van der Waals surface area (Å²) in [6.07, 6.45) is 1.46. The Labute approximate surface area is 187 Å². The Morgan fingerprint density at radius 3 is 2.55 bits per heavy atom. The van der Waals surface area contributed by atoms with E-state index in [9.17, 15) is 4.79 Å². The second kappa shape index (κ2) is 10.6. The maximum Gasteiger partial charge on any atom is 0.250 e. The molecule has 0 atom stereocenters. The van der Waals surface area contributed by atoms with Gasteiger partial charge in [-0.1, -0.05) is 23.4 Å². The molecule has 1 amide bonds. The Bertz CT molecular complexity index is 1070.